The molecule has 0 spiro atoms. The second-order valence-electron chi connectivity index (χ2n) is 9.45. The van der Waals surface area contributed by atoms with Crippen molar-refractivity contribution >= 4 is 17.9 Å². The molecule has 0 bridgehead atoms. The first-order valence-corrected chi connectivity index (χ1v) is 10.7. The second-order valence-corrected chi connectivity index (χ2v) is 9.45. The number of ether oxygens (including phenoxy) is 3. The van der Waals surface area contributed by atoms with Crippen molar-refractivity contribution < 1.29 is 33.7 Å². The van der Waals surface area contributed by atoms with E-state index in [9.17, 15) is 19.5 Å². The molecule has 170 valence electrons. The van der Waals surface area contributed by atoms with Crippen LogP contribution >= 0.6 is 0 Å². The third-order valence-corrected chi connectivity index (χ3v) is 7.40. The Bertz CT molecular complexity index is 854. The van der Waals surface area contributed by atoms with Crippen molar-refractivity contribution in [1.82, 2.24) is 0 Å². The van der Waals surface area contributed by atoms with Gasteiger partial charge in [-0.05, 0) is 43.1 Å². The third kappa shape index (κ3) is 4.27. The first-order valence-electron chi connectivity index (χ1n) is 10.7. The van der Waals surface area contributed by atoms with E-state index in [2.05, 4.69) is 13.5 Å². The molecule has 7 nitrogen and oxygen atoms in total. The van der Waals surface area contributed by atoms with Crippen molar-refractivity contribution in [2.75, 3.05) is 13.2 Å². The van der Waals surface area contributed by atoms with Gasteiger partial charge in [-0.25, -0.2) is 4.79 Å². The van der Waals surface area contributed by atoms with Crippen molar-refractivity contribution in [2.45, 2.75) is 59.5 Å². The molecule has 1 N–H and O–H groups in total. The fraction of sp³-hybridized carbons (Fsp3) is 0.625. The smallest absolute Gasteiger partial charge is 0.342 e. The number of rotatable bonds is 5. The molecule has 0 radical (unpaired) electrons. The van der Waals surface area contributed by atoms with E-state index in [1.165, 1.54) is 13.8 Å². The van der Waals surface area contributed by atoms with E-state index in [1.54, 1.807) is 6.08 Å². The van der Waals surface area contributed by atoms with Crippen LogP contribution in [0.2, 0.25) is 0 Å². The molecule has 5 atom stereocenters. The molecule has 7 heteroatoms. The third-order valence-electron chi connectivity index (χ3n) is 7.40. The molecule has 1 heterocycles. The maximum absolute atomic E-state index is 11.9. The van der Waals surface area contributed by atoms with Crippen molar-refractivity contribution in [3.63, 3.8) is 0 Å². The first kappa shape index (κ1) is 23.1. The lowest BCUT2D eigenvalue weighted by atomic mass is 9.46. The Morgan fingerprint density at radius 3 is 2.55 bits per heavy atom. The molecule has 3 aliphatic rings. The zero-order valence-electron chi connectivity index (χ0n) is 18.7. The SMILES string of the molecule is C=C1CCC2[C@](C)(CC[C@H](OC(C)=O)[C@@]2(C)COC(C)=O)C1/C=C/C1=C(O)COC1=O. The van der Waals surface area contributed by atoms with Gasteiger partial charge in [-0.15, -0.1) is 0 Å². The fourth-order valence-electron chi connectivity index (χ4n) is 5.87. The topological polar surface area (TPSA) is 99.1 Å². The van der Waals surface area contributed by atoms with Crippen molar-refractivity contribution in [3.05, 3.63) is 35.6 Å². The number of esters is 3. The van der Waals surface area contributed by atoms with Gasteiger partial charge in [0.15, 0.2) is 0 Å². The molecule has 2 saturated carbocycles. The maximum Gasteiger partial charge on any atom is 0.342 e. The Balaban J connectivity index is 1.96. The van der Waals surface area contributed by atoms with E-state index < -0.39 is 11.4 Å². The molecular formula is C24H32O7. The van der Waals surface area contributed by atoms with Crippen LogP contribution < -0.4 is 0 Å². The normalized spacial score (nSPS) is 35.7. The number of carbonyl (C=O) groups excluding carboxylic acids is 3. The number of cyclic esters (lactones) is 1. The number of allylic oxidation sites excluding steroid dienone is 2. The maximum atomic E-state index is 11.9. The molecule has 2 unspecified atom stereocenters. The number of aliphatic hydroxyl groups excluding tert-OH is 1. The zero-order chi connectivity index (χ0) is 23.0. The average Bonchev–Trinajstić information content (AvgIpc) is 3.00. The molecule has 3 rings (SSSR count). The highest BCUT2D eigenvalue weighted by Crippen LogP contribution is 2.62. The van der Waals surface area contributed by atoms with Crippen LogP contribution in [0.4, 0.5) is 0 Å². The van der Waals surface area contributed by atoms with Gasteiger partial charge in [0.25, 0.3) is 0 Å². The number of carbonyl (C=O) groups is 3. The van der Waals surface area contributed by atoms with E-state index in [4.69, 9.17) is 14.2 Å². The van der Waals surface area contributed by atoms with Crippen LogP contribution in [0.15, 0.2) is 35.6 Å². The van der Waals surface area contributed by atoms with E-state index in [-0.39, 0.29) is 59.8 Å². The van der Waals surface area contributed by atoms with Gasteiger partial charge in [0, 0.05) is 25.2 Å². The molecule has 0 aromatic carbocycles. The highest BCUT2D eigenvalue weighted by atomic mass is 16.6. The summed E-state index contributed by atoms with van der Waals surface area (Å²) in [6.45, 7) is 11.3. The molecule has 0 aromatic heterocycles. The van der Waals surface area contributed by atoms with Crippen LogP contribution in [0.25, 0.3) is 0 Å². The summed E-state index contributed by atoms with van der Waals surface area (Å²) in [5, 5.41) is 9.94. The Hall–Kier alpha value is -2.57. The lowest BCUT2D eigenvalue weighted by molar-refractivity contribution is -0.189. The summed E-state index contributed by atoms with van der Waals surface area (Å²) in [6.07, 6.45) is 6.25. The van der Waals surface area contributed by atoms with E-state index in [0.29, 0.717) is 6.42 Å². The Morgan fingerprint density at radius 1 is 1.26 bits per heavy atom. The second kappa shape index (κ2) is 8.52. The summed E-state index contributed by atoms with van der Waals surface area (Å²) in [5.74, 6) is -1.27. The van der Waals surface area contributed by atoms with Crippen LogP contribution in [-0.2, 0) is 28.6 Å². The minimum absolute atomic E-state index is 0.0464. The Labute approximate surface area is 183 Å². The van der Waals surface area contributed by atoms with E-state index >= 15 is 0 Å². The van der Waals surface area contributed by atoms with Gasteiger partial charge in [-0.2, -0.15) is 0 Å². The van der Waals surface area contributed by atoms with Gasteiger partial charge in [-0.1, -0.05) is 32.1 Å². The Morgan fingerprint density at radius 2 is 1.97 bits per heavy atom. The minimum atomic E-state index is -0.551. The zero-order valence-corrected chi connectivity index (χ0v) is 18.7. The van der Waals surface area contributed by atoms with Gasteiger partial charge >= 0.3 is 17.9 Å². The molecule has 0 saturated heterocycles. The first-order chi connectivity index (χ1) is 14.5. The van der Waals surface area contributed by atoms with Crippen LogP contribution in [0, 0.1) is 22.7 Å². The molecular weight excluding hydrogens is 400 g/mol. The van der Waals surface area contributed by atoms with Gasteiger partial charge in [-0.3, -0.25) is 9.59 Å². The summed E-state index contributed by atoms with van der Waals surface area (Å²) in [7, 11) is 0. The molecule has 31 heavy (non-hydrogen) atoms. The lowest BCUT2D eigenvalue weighted by Gasteiger charge is -2.59. The predicted molar refractivity (Wildman–Crippen MR) is 113 cm³/mol. The van der Waals surface area contributed by atoms with Crippen LogP contribution in [-0.4, -0.2) is 42.3 Å². The summed E-state index contributed by atoms with van der Waals surface area (Å²) in [6, 6.07) is 0. The van der Waals surface area contributed by atoms with E-state index in [0.717, 1.165) is 24.8 Å². The van der Waals surface area contributed by atoms with Crippen LogP contribution in [0.1, 0.15) is 53.4 Å². The monoisotopic (exact) mass is 432 g/mol. The van der Waals surface area contributed by atoms with E-state index in [1.807, 2.05) is 13.0 Å². The molecule has 0 aromatic rings. The predicted octanol–water partition coefficient (Wildman–Crippen LogP) is 3.80. The van der Waals surface area contributed by atoms with Gasteiger partial charge in [0.05, 0.1) is 0 Å². The summed E-state index contributed by atoms with van der Waals surface area (Å²) < 4.78 is 16.0. The summed E-state index contributed by atoms with van der Waals surface area (Å²) in [5.41, 5.74) is 0.443. The highest BCUT2D eigenvalue weighted by Gasteiger charge is 2.59. The number of aliphatic hydroxyl groups is 1. The average molecular weight is 433 g/mol. The Kier molecular flexibility index (Phi) is 6.35. The van der Waals surface area contributed by atoms with Gasteiger partial charge in [0.2, 0.25) is 0 Å². The van der Waals surface area contributed by atoms with Gasteiger partial charge < -0.3 is 19.3 Å². The molecule has 1 aliphatic heterocycles. The quantitative estimate of drug-likeness (QED) is 0.401. The summed E-state index contributed by atoms with van der Waals surface area (Å²) in [4.78, 5) is 35.3. The van der Waals surface area contributed by atoms with Crippen molar-refractivity contribution in [1.29, 1.82) is 0 Å². The number of fused-ring (bicyclic) bond motifs is 1. The summed E-state index contributed by atoms with van der Waals surface area (Å²) >= 11 is 0. The number of hydrogen-bond donors (Lipinski definition) is 1. The van der Waals surface area contributed by atoms with Crippen LogP contribution in [0.5, 0.6) is 0 Å². The molecule has 2 fully saturated rings. The fourth-order valence-corrected chi connectivity index (χ4v) is 5.87. The largest absolute Gasteiger partial charge is 0.508 e. The van der Waals surface area contributed by atoms with Crippen molar-refractivity contribution in [2.24, 2.45) is 22.7 Å². The minimum Gasteiger partial charge on any atom is -0.508 e. The van der Waals surface area contributed by atoms with Gasteiger partial charge in [0.1, 0.15) is 30.6 Å². The highest BCUT2D eigenvalue weighted by molar-refractivity contribution is 5.94. The van der Waals surface area contributed by atoms with Crippen LogP contribution in [0.3, 0.4) is 0 Å². The standard InChI is InChI=1S/C24H32O7/c1-14-6-9-20-23(4,18(14)8-7-17-19(27)12-29-22(17)28)11-10-21(31-16(3)26)24(20,5)13-30-15(2)25/h7-8,18,20-21,27H,1,6,9-13H2,2-5H3/b8-7+/t18?,20?,21-,23+,24-/m0/s1. The molecule has 2 aliphatic carbocycles. The molecule has 0 amide bonds. The lowest BCUT2D eigenvalue weighted by Crippen LogP contribution is -2.58. The van der Waals surface area contributed by atoms with Crippen molar-refractivity contribution in [3.8, 4) is 0 Å². The number of hydrogen-bond acceptors (Lipinski definition) is 7.